The van der Waals surface area contributed by atoms with Gasteiger partial charge in [0.2, 0.25) is 0 Å². The molecule has 4 aromatic carbocycles. The summed E-state index contributed by atoms with van der Waals surface area (Å²) >= 11 is 0. The Labute approximate surface area is 154 Å². The van der Waals surface area contributed by atoms with Gasteiger partial charge in [-0.2, -0.15) is 0 Å². The second-order valence-electron chi connectivity index (χ2n) is 6.73. The largest absolute Gasteiger partial charge is 0.398 e. The average molecular weight is 338 g/mol. The lowest BCUT2D eigenvalue weighted by Crippen LogP contribution is -2.10. The first-order valence-electron chi connectivity index (χ1n) is 8.84. The lowest BCUT2D eigenvalue weighted by molar-refractivity contribution is 1.28. The van der Waals surface area contributed by atoms with Gasteiger partial charge in [0.05, 0.1) is 5.69 Å². The molecule has 0 atom stereocenters. The first-order valence-corrected chi connectivity index (χ1v) is 8.84. The minimum absolute atomic E-state index is 0.803. The molecule has 0 heterocycles. The summed E-state index contributed by atoms with van der Waals surface area (Å²) in [6.07, 6.45) is 0. The van der Waals surface area contributed by atoms with Crippen molar-refractivity contribution in [1.29, 1.82) is 0 Å². The number of anilines is 4. The van der Waals surface area contributed by atoms with Crippen molar-refractivity contribution in [2.75, 3.05) is 10.6 Å². The van der Waals surface area contributed by atoms with Gasteiger partial charge in [0.25, 0.3) is 0 Å². The molecule has 0 aromatic heterocycles. The fourth-order valence-electron chi connectivity index (χ4n) is 3.32. The molecular formula is C24H22N2. The number of aryl methyl sites for hydroxylation is 2. The van der Waals surface area contributed by atoms with Crippen LogP contribution in [0.1, 0.15) is 11.1 Å². The normalized spacial score (nSPS) is 10.8. The zero-order valence-electron chi connectivity index (χ0n) is 15.1. The van der Waals surface area contributed by atoms with Crippen molar-refractivity contribution in [2.45, 2.75) is 13.8 Å². The molecule has 0 radical (unpaired) electrons. The van der Waals surface area contributed by atoms with E-state index in [-0.39, 0.29) is 0 Å². The highest BCUT2D eigenvalue weighted by molar-refractivity contribution is 6.04. The van der Waals surface area contributed by atoms with Crippen LogP contribution in [0.25, 0.3) is 10.8 Å². The van der Waals surface area contributed by atoms with E-state index in [4.69, 9.17) is 5.73 Å². The van der Waals surface area contributed by atoms with Crippen molar-refractivity contribution < 1.29 is 0 Å². The van der Waals surface area contributed by atoms with Gasteiger partial charge in [-0.05, 0) is 50.2 Å². The van der Waals surface area contributed by atoms with Gasteiger partial charge in [-0.1, -0.05) is 59.7 Å². The average Bonchev–Trinajstić information content (AvgIpc) is 2.67. The van der Waals surface area contributed by atoms with Gasteiger partial charge < -0.3 is 10.6 Å². The highest BCUT2D eigenvalue weighted by Crippen LogP contribution is 2.40. The maximum absolute atomic E-state index is 6.22. The van der Waals surface area contributed by atoms with Crippen molar-refractivity contribution in [3.8, 4) is 0 Å². The molecule has 4 aromatic rings. The molecule has 0 aliphatic heterocycles. The Hall–Kier alpha value is -3.26. The molecule has 2 N–H and O–H groups in total. The van der Waals surface area contributed by atoms with E-state index >= 15 is 0 Å². The molecule has 4 rings (SSSR count). The zero-order chi connectivity index (χ0) is 18.1. The van der Waals surface area contributed by atoms with Gasteiger partial charge in [-0.25, -0.2) is 0 Å². The van der Waals surface area contributed by atoms with Gasteiger partial charge >= 0.3 is 0 Å². The summed E-state index contributed by atoms with van der Waals surface area (Å²) in [4.78, 5) is 2.29. The number of nitrogens with two attached hydrogens (primary N) is 1. The van der Waals surface area contributed by atoms with Crippen molar-refractivity contribution in [1.82, 2.24) is 0 Å². The molecule has 0 aliphatic rings. The van der Waals surface area contributed by atoms with Crippen molar-refractivity contribution in [2.24, 2.45) is 0 Å². The van der Waals surface area contributed by atoms with Crippen LogP contribution in [-0.2, 0) is 0 Å². The zero-order valence-corrected chi connectivity index (χ0v) is 15.1. The third-order valence-electron chi connectivity index (χ3n) is 4.76. The second-order valence-corrected chi connectivity index (χ2v) is 6.73. The summed E-state index contributed by atoms with van der Waals surface area (Å²) in [6.45, 7) is 4.22. The van der Waals surface area contributed by atoms with Crippen LogP contribution in [0.3, 0.4) is 0 Å². The maximum atomic E-state index is 6.22. The Morgan fingerprint density at radius 1 is 0.577 bits per heavy atom. The first kappa shape index (κ1) is 16.2. The van der Waals surface area contributed by atoms with Crippen molar-refractivity contribution >= 4 is 33.5 Å². The number of rotatable bonds is 3. The minimum atomic E-state index is 0.803. The predicted octanol–water partition coefficient (Wildman–Crippen LogP) is 6.51. The monoisotopic (exact) mass is 338 g/mol. The van der Waals surface area contributed by atoms with E-state index in [0.717, 1.165) is 33.5 Å². The van der Waals surface area contributed by atoms with E-state index in [1.807, 2.05) is 12.1 Å². The topological polar surface area (TPSA) is 29.3 Å². The van der Waals surface area contributed by atoms with Crippen LogP contribution < -0.4 is 10.6 Å². The highest BCUT2D eigenvalue weighted by atomic mass is 15.1. The Bertz CT molecular complexity index is 1000. The van der Waals surface area contributed by atoms with Gasteiger partial charge in [0.15, 0.2) is 0 Å². The molecule has 0 aliphatic carbocycles. The lowest BCUT2D eigenvalue weighted by Gasteiger charge is -2.27. The van der Waals surface area contributed by atoms with Gasteiger partial charge in [0.1, 0.15) is 0 Å². The highest BCUT2D eigenvalue weighted by Gasteiger charge is 2.15. The summed E-state index contributed by atoms with van der Waals surface area (Å²) in [5.41, 5.74) is 12.9. The molecule has 26 heavy (non-hydrogen) atoms. The third kappa shape index (κ3) is 2.91. The molecule has 0 saturated carbocycles. The summed E-state index contributed by atoms with van der Waals surface area (Å²) < 4.78 is 0. The SMILES string of the molecule is Cc1ccc(N(c2ccc(C)cc2)c2ccc(N)c3ccccc23)cc1. The van der Waals surface area contributed by atoms with Gasteiger partial charge in [0, 0.05) is 27.8 Å². The summed E-state index contributed by atoms with van der Waals surface area (Å²) in [5.74, 6) is 0. The maximum Gasteiger partial charge on any atom is 0.0541 e. The standard InChI is InChI=1S/C24H22N2/c1-17-7-11-19(12-8-17)26(20-13-9-18(2)10-14-20)24-16-15-23(25)21-5-3-4-6-22(21)24/h3-16H,25H2,1-2H3. The summed E-state index contributed by atoms with van der Waals surface area (Å²) in [6, 6.07) is 29.7. The van der Waals surface area contributed by atoms with Gasteiger partial charge in [-0.3, -0.25) is 0 Å². The molecule has 0 bridgehead atoms. The van der Waals surface area contributed by atoms with Gasteiger partial charge in [-0.15, -0.1) is 0 Å². The van der Waals surface area contributed by atoms with Crippen LogP contribution in [0.2, 0.25) is 0 Å². The van der Waals surface area contributed by atoms with Crippen LogP contribution in [0.4, 0.5) is 22.7 Å². The summed E-state index contributed by atoms with van der Waals surface area (Å²) in [5, 5.41) is 2.22. The molecule has 2 nitrogen and oxygen atoms in total. The predicted molar refractivity (Wildman–Crippen MR) is 113 cm³/mol. The second kappa shape index (κ2) is 6.57. The Kier molecular flexibility index (Phi) is 4.10. The van der Waals surface area contributed by atoms with E-state index < -0.39 is 0 Å². The first-order chi connectivity index (χ1) is 12.6. The van der Waals surface area contributed by atoms with E-state index in [2.05, 4.69) is 91.5 Å². The molecule has 0 spiro atoms. The fourth-order valence-corrected chi connectivity index (χ4v) is 3.32. The summed E-state index contributed by atoms with van der Waals surface area (Å²) in [7, 11) is 0. The minimum Gasteiger partial charge on any atom is -0.398 e. The molecule has 0 amide bonds. The number of fused-ring (bicyclic) bond motifs is 1. The number of benzene rings is 4. The molecule has 0 fully saturated rings. The number of nitrogen functional groups attached to an aromatic ring is 1. The van der Waals surface area contributed by atoms with Crippen molar-refractivity contribution in [3.63, 3.8) is 0 Å². The number of hydrogen-bond acceptors (Lipinski definition) is 2. The molecule has 128 valence electrons. The van der Waals surface area contributed by atoms with Crippen LogP contribution in [0, 0.1) is 13.8 Å². The van der Waals surface area contributed by atoms with Crippen LogP contribution in [0.5, 0.6) is 0 Å². The fraction of sp³-hybridized carbons (Fsp3) is 0.0833. The Morgan fingerprint density at radius 3 is 1.62 bits per heavy atom. The smallest absolute Gasteiger partial charge is 0.0541 e. The molecular weight excluding hydrogens is 316 g/mol. The van der Waals surface area contributed by atoms with Crippen LogP contribution >= 0.6 is 0 Å². The molecule has 0 unspecified atom stereocenters. The van der Waals surface area contributed by atoms with E-state index in [9.17, 15) is 0 Å². The van der Waals surface area contributed by atoms with E-state index in [1.165, 1.54) is 11.1 Å². The third-order valence-corrected chi connectivity index (χ3v) is 4.76. The van der Waals surface area contributed by atoms with Crippen molar-refractivity contribution in [3.05, 3.63) is 96.1 Å². The Balaban J connectivity index is 1.98. The quantitative estimate of drug-likeness (QED) is 0.431. The molecule has 0 saturated heterocycles. The number of nitrogens with zero attached hydrogens (tertiary/aromatic N) is 1. The van der Waals surface area contributed by atoms with Crippen LogP contribution in [0.15, 0.2) is 84.9 Å². The lowest BCUT2D eigenvalue weighted by atomic mass is 10.0. The van der Waals surface area contributed by atoms with Crippen LogP contribution in [-0.4, -0.2) is 0 Å². The van der Waals surface area contributed by atoms with E-state index in [0.29, 0.717) is 0 Å². The molecule has 2 heteroatoms. The number of hydrogen-bond donors (Lipinski definition) is 1. The Morgan fingerprint density at radius 2 is 1.08 bits per heavy atom. The van der Waals surface area contributed by atoms with E-state index in [1.54, 1.807) is 0 Å².